The predicted molar refractivity (Wildman–Crippen MR) is 130 cm³/mol. The molecule has 0 saturated carbocycles. The molecule has 0 radical (unpaired) electrons. The second-order valence-corrected chi connectivity index (χ2v) is 9.09. The number of thiocarbonyl (C=S) groups is 1. The number of morpholine rings is 1. The third-order valence-electron chi connectivity index (χ3n) is 5.30. The topological polar surface area (TPSA) is 56.8 Å². The maximum atomic E-state index is 12.4. The van der Waals surface area contributed by atoms with Crippen LogP contribution < -0.4 is 10.6 Å². The normalized spacial score (nSPS) is 15.3. The summed E-state index contributed by atoms with van der Waals surface area (Å²) < 4.78 is 5.43. The van der Waals surface area contributed by atoms with Crippen molar-refractivity contribution in [1.29, 1.82) is 0 Å². The summed E-state index contributed by atoms with van der Waals surface area (Å²) >= 11 is 7.38. The Morgan fingerprint density at radius 2 is 2.00 bits per heavy atom. The third kappa shape index (κ3) is 8.22. The Morgan fingerprint density at radius 1 is 1.23 bits per heavy atom. The molecule has 2 aromatic rings. The standard InChI is InChI=1S/C23H32N4O2S2/c1-19(20-7-3-2-4-8-20)25-22(28)17-24-23(30)27(18-21-9-5-16-31-21)11-6-10-26-12-14-29-15-13-26/h2-5,7-9,16,19H,6,10-15,17-18H2,1H3,(H,24,30)(H,25,28)/t19-/m1/s1. The first-order chi connectivity index (χ1) is 15.1. The van der Waals surface area contributed by atoms with Gasteiger partial charge in [0.15, 0.2) is 5.11 Å². The quantitative estimate of drug-likeness (QED) is 0.532. The van der Waals surface area contributed by atoms with E-state index < -0.39 is 0 Å². The van der Waals surface area contributed by atoms with Crippen molar-refractivity contribution in [3.05, 3.63) is 58.3 Å². The van der Waals surface area contributed by atoms with Crippen LogP contribution in [0.25, 0.3) is 0 Å². The Bertz CT molecular complexity index is 795. The number of rotatable bonds is 10. The Balaban J connectivity index is 1.46. The number of amides is 1. The molecule has 1 aliphatic heterocycles. The zero-order chi connectivity index (χ0) is 21.9. The molecule has 8 heteroatoms. The van der Waals surface area contributed by atoms with Gasteiger partial charge in [-0.1, -0.05) is 36.4 Å². The first-order valence-electron chi connectivity index (χ1n) is 10.8. The number of hydrogen-bond acceptors (Lipinski definition) is 5. The Kier molecular flexibility index (Phi) is 9.74. The molecule has 1 aliphatic rings. The Morgan fingerprint density at radius 3 is 2.71 bits per heavy atom. The minimum Gasteiger partial charge on any atom is -0.379 e. The van der Waals surface area contributed by atoms with Gasteiger partial charge in [-0.15, -0.1) is 11.3 Å². The van der Waals surface area contributed by atoms with Crippen LogP contribution in [0.5, 0.6) is 0 Å². The number of carbonyl (C=O) groups excluding carboxylic acids is 1. The molecule has 0 bridgehead atoms. The van der Waals surface area contributed by atoms with Crippen molar-refractivity contribution >= 4 is 34.6 Å². The summed E-state index contributed by atoms with van der Waals surface area (Å²) in [5.41, 5.74) is 1.08. The van der Waals surface area contributed by atoms with E-state index in [0.717, 1.165) is 57.9 Å². The number of thiophene rings is 1. The fourth-order valence-electron chi connectivity index (χ4n) is 3.54. The zero-order valence-electron chi connectivity index (χ0n) is 18.1. The molecular formula is C23H32N4O2S2. The van der Waals surface area contributed by atoms with E-state index in [1.54, 1.807) is 11.3 Å². The summed E-state index contributed by atoms with van der Waals surface area (Å²) in [7, 11) is 0. The largest absolute Gasteiger partial charge is 0.379 e. The summed E-state index contributed by atoms with van der Waals surface area (Å²) in [6, 6.07) is 14.1. The van der Waals surface area contributed by atoms with Crippen molar-refractivity contribution in [3.8, 4) is 0 Å². The van der Waals surface area contributed by atoms with Crippen LogP contribution in [0.2, 0.25) is 0 Å². The van der Waals surface area contributed by atoms with Crippen molar-refractivity contribution < 1.29 is 9.53 Å². The van der Waals surface area contributed by atoms with Crippen molar-refractivity contribution in [2.24, 2.45) is 0 Å². The van der Waals surface area contributed by atoms with E-state index in [-0.39, 0.29) is 18.5 Å². The van der Waals surface area contributed by atoms with Gasteiger partial charge in [-0.05, 0) is 42.6 Å². The Labute approximate surface area is 194 Å². The van der Waals surface area contributed by atoms with Gasteiger partial charge in [-0.2, -0.15) is 0 Å². The van der Waals surface area contributed by atoms with Gasteiger partial charge in [0.1, 0.15) is 0 Å². The van der Waals surface area contributed by atoms with E-state index in [1.165, 1.54) is 4.88 Å². The molecule has 0 spiro atoms. The van der Waals surface area contributed by atoms with Crippen LogP contribution in [0.4, 0.5) is 0 Å². The maximum absolute atomic E-state index is 12.4. The van der Waals surface area contributed by atoms with Crippen molar-refractivity contribution in [2.75, 3.05) is 45.9 Å². The first-order valence-corrected chi connectivity index (χ1v) is 12.1. The van der Waals surface area contributed by atoms with Crippen LogP contribution >= 0.6 is 23.6 Å². The van der Waals surface area contributed by atoms with Crippen LogP contribution in [-0.4, -0.2) is 66.8 Å². The van der Waals surface area contributed by atoms with Gasteiger partial charge in [0.05, 0.1) is 32.3 Å². The van der Waals surface area contributed by atoms with Crippen molar-refractivity contribution in [2.45, 2.75) is 25.9 Å². The van der Waals surface area contributed by atoms with E-state index in [1.807, 2.05) is 37.3 Å². The Hall–Kier alpha value is -2.00. The average molecular weight is 461 g/mol. The minimum absolute atomic E-state index is 0.0418. The van der Waals surface area contributed by atoms with Crippen molar-refractivity contribution in [1.82, 2.24) is 20.4 Å². The average Bonchev–Trinajstić information content (AvgIpc) is 3.31. The van der Waals surface area contributed by atoms with Crippen LogP contribution in [0.1, 0.15) is 29.8 Å². The number of hydrogen-bond donors (Lipinski definition) is 2. The molecule has 31 heavy (non-hydrogen) atoms. The molecule has 2 N–H and O–H groups in total. The number of nitrogens with zero attached hydrogens (tertiary/aromatic N) is 2. The fraction of sp³-hybridized carbons (Fsp3) is 0.478. The van der Waals surface area contributed by atoms with Gasteiger partial charge < -0.3 is 20.3 Å². The highest BCUT2D eigenvalue weighted by atomic mass is 32.1. The molecule has 6 nitrogen and oxygen atoms in total. The molecule has 1 aromatic heterocycles. The van der Waals surface area contributed by atoms with E-state index in [0.29, 0.717) is 5.11 Å². The van der Waals surface area contributed by atoms with E-state index in [9.17, 15) is 4.79 Å². The molecular weight excluding hydrogens is 428 g/mol. The second kappa shape index (κ2) is 12.8. The monoisotopic (exact) mass is 460 g/mol. The summed E-state index contributed by atoms with van der Waals surface area (Å²) in [5.74, 6) is -0.0666. The van der Waals surface area contributed by atoms with E-state index >= 15 is 0 Å². The molecule has 168 valence electrons. The molecule has 1 amide bonds. The van der Waals surface area contributed by atoms with Crippen LogP contribution in [0.15, 0.2) is 47.8 Å². The molecule has 1 aromatic carbocycles. The predicted octanol–water partition coefficient (Wildman–Crippen LogP) is 3.02. The molecule has 1 saturated heterocycles. The van der Waals surface area contributed by atoms with E-state index in [4.69, 9.17) is 17.0 Å². The summed E-state index contributed by atoms with van der Waals surface area (Å²) in [6.07, 6.45) is 1.02. The molecule has 1 fully saturated rings. The highest BCUT2D eigenvalue weighted by Crippen LogP contribution is 2.13. The number of carbonyl (C=O) groups is 1. The molecule has 1 atom stereocenters. The van der Waals surface area contributed by atoms with Gasteiger partial charge in [0.25, 0.3) is 0 Å². The maximum Gasteiger partial charge on any atom is 0.239 e. The second-order valence-electron chi connectivity index (χ2n) is 7.67. The summed E-state index contributed by atoms with van der Waals surface area (Å²) in [4.78, 5) is 18.3. The first kappa shape index (κ1) is 23.7. The summed E-state index contributed by atoms with van der Waals surface area (Å²) in [5, 5.41) is 8.89. The number of benzene rings is 1. The molecule has 3 rings (SSSR count). The number of ether oxygens (including phenoxy) is 1. The third-order valence-corrected chi connectivity index (χ3v) is 6.56. The van der Waals surface area contributed by atoms with Crippen LogP contribution in [0, 0.1) is 0 Å². The lowest BCUT2D eigenvalue weighted by molar-refractivity contribution is -0.120. The molecule has 2 heterocycles. The highest BCUT2D eigenvalue weighted by molar-refractivity contribution is 7.80. The summed E-state index contributed by atoms with van der Waals surface area (Å²) in [6.45, 7) is 8.41. The highest BCUT2D eigenvalue weighted by Gasteiger charge is 2.15. The van der Waals surface area contributed by atoms with Gasteiger partial charge in [-0.3, -0.25) is 9.69 Å². The van der Waals surface area contributed by atoms with Gasteiger partial charge >= 0.3 is 0 Å². The van der Waals surface area contributed by atoms with Crippen LogP contribution in [-0.2, 0) is 16.1 Å². The minimum atomic E-state index is -0.0666. The molecule has 0 aliphatic carbocycles. The zero-order valence-corrected chi connectivity index (χ0v) is 19.7. The van der Waals surface area contributed by atoms with Crippen LogP contribution in [0.3, 0.4) is 0 Å². The SMILES string of the molecule is C[C@@H](NC(=O)CNC(=S)N(CCCN1CCOCC1)Cc1cccs1)c1ccccc1. The smallest absolute Gasteiger partial charge is 0.239 e. The number of nitrogens with one attached hydrogen (secondary N) is 2. The van der Waals surface area contributed by atoms with Gasteiger partial charge in [0, 0.05) is 31.1 Å². The molecule has 0 unspecified atom stereocenters. The lowest BCUT2D eigenvalue weighted by atomic mass is 10.1. The van der Waals surface area contributed by atoms with E-state index in [2.05, 4.69) is 37.9 Å². The van der Waals surface area contributed by atoms with Gasteiger partial charge in [0.2, 0.25) is 5.91 Å². The van der Waals surface area contributed by atoms with Crippen molar-refractivity contribution in [3.63, 3.8) is 0 Å². The lowest BCUT2D eigenvalue weighted by Crippen LogP contribution is -2.45. The van der Waals surface area contributed by atoms with Gasteiger partial charge in [-0.25, -0.2) is 0 Å². The fourth-order valence-corrected chi connectivity index (χ4v) is 4.49. The lowest BCUT2D eigenvalue weighted by Gasteiger charge is -2.29.